The summed E-state index contributed by atoms with van der Waals surface area (Å²) in [5.74, 6) is 3.41. The number of hydrogen-bond donors (Lipinski definition) is 5. The van der Waals surface area contributed by atoms with E-state index in [0.29, 0.717) is 33.5 Å². The van der Waals surface area contributed by atoms with Gasteiger partial charge in [0.05, 0.1) is 18.8 Å². The van der Waals surface area contributed by atoms with Crippen molar-refractivity contribution >= 4 is 0 Å². The molecule has 0 radical (unpaired) electrons. The molecule has 5 heteroatoms. The third-order valence-corrected chi connectivity index (χ3v) is 15.5. The summed E-state index contributed by atoms with van der Waals surface area (Å²) < 4.78 is 0. The zero-order chi connectivity index (χ0) is 29.5. The Morgan fingerprint density at radius 2 is 1.23 bits per heavy atom. The summed E-state index contributed by atoms with van der Waals surface area (Å²) in [7, 11) is 0. The molecule has 232 valence electrons. The van der Waals surface area contributed by atoms with Crippen molar-refractivity contribution < 1.29 is 25.5 Å². The van der Waals surface area contributed by atoms with Crippen molar-refractivity contribution in [3.63, 3.8) is 0 Å². The fourth-order valence-corrected chi connectivity index (χ4v) is 13.2. The molecule has 5 saturated carbocycles. The Balaban J connectivity index is 1.35. The van der Waals surface area contributed by atoms with Crippen molar-refractivity contribution in [1.29, 1.82) is 0 Å². The number of fused-ring (bicyclic) bond motifs is 7. The summed E-state index contributed by atoms with van der Waals surface area (Å²) in [5.41, 5.74) is 1.96. The van der Waals surface area contributed by atoms with E-state index in [2.05, 4.69) is 48.5 Å². The normalized spacial score (nSPS) is 50.0. The molecule has 5 aliphatic rings. The molecule has 5 nitrogen and oxygen atoms in total. The van der Waals surface area contributed by atoms with E-state index in [-0.39, 0.29) is 17.8 Å². The van der Waals surface area contributed by atoms with Crippen LogP contribution in [0.2, 0.25) is 0 Å². The van der Waals surface area contributed by atoms with Crippen LogP contribution in [0, 0.1) is 62.6 Å². The number of aliphatic hydroxyl groups is 5. The largest absolute Gasteiger partial charge is 0.394 e. The number of rotatable bonds is 7. The molecule has 0 aromatic carbocycles. The van der Waals surface area contributed by atoms with Crippen LogP contribution in [0.3, 0.4) is 0 Å². The summed E-state index contributed by atoms with van der Waals surface area (Å²) in [6, 6.07) is 0. The van der Waals surface area contributed by atoms with E-state index in [1.807, 2.05) is 0 Å². The molecule has 0 bridgehead atoms. The first-order chi connectivity index (χ1) is 18.6. The van der Waals surface area contributed by atoms with Gasteiger partial charge in [-0.3, -0.25) is 0 Å². The molecule has 0 unspecified atom stereocenters. The van der Waals surface area contributed by atoms with Crippen molar-refractivity contribution in [3.8, 4) is 0 Å². The van der Waals surface area contributed by atoms with E-state index in [4.69, 9.17) is 5.11 Å². The topological polar surface area (TPSA) is 101 Å². The lowest BCUT2D eigenvalue weighted by molar-refractivity contribution is -0.242. The SMILES string of the molecule is C[C@H]([C@H]1CC[C@]2(C)[C@H]3CC[C@@H]4[C@@]5(C)CCCC(C)(C)[C@H]5CC[C@@]4(C)[C@]3(C)CC[C@@H]12)[C@H](O)C[C@@H](O)[C@@H](O)[C@H](O)CO. The van der Waals surface area contributed by atoms with E-state index >= 15 is 0 Å². The van der Waals surface area contributed by atoms with Crippen LogP contribution in [0.4, 0.5) is 0 Å². The molecule has 0 aromatic heterocycles. The average Bonchev–Trinajstić information content (AvgIpc) is 3.24. The molecule has 14 atom stereocenters. The predicted molar refractivity (Wildman–Crippen MR) is 159 cm³/mol. The van der Waals surface area contributed by atoms with Crippen LogP contribution in [0.25, 0.3) is 0 Å². The van der Waals surface area contributed by atoms with E-state index < -0.39 is 31.0 Å². The molecule has 0 aliphatic heterocycles. The van der Waals surface area contributed by atoms with Gasteiger partial charge in [0.25, 0.3) is 0 Å². The molecule has 0 spiro atoms. The van der Waals surface area contributed by atoms with Crippen LogP contribution in [-0.4, -0.2) is 56.6 Å². The molecule has 5 aliphatic carbocycles. The van der Waals surface area contributed by atoms with Gasteiger partial charge < -0.3 is 25.5 Å². The molecule has 0 amide bonds. The molecule has 0 saturated heterocycles. The van der Waals surface area contributed by atoms with Gasteiger partial charge in [-0.05, 0) is 127 Å². The Morgan fingerprint density at radius 1 is 0.625 bits per heavy atom. The first-order valence-electron chi connectivity index (χ1n) is 16.9. The highest BCUT2D eigenvalue weighted by atomic mass is 16.4. The van der Waals surface area contributed by atoms with Gasteiger partial charge in [0.1, 0.15) is 12.2 Å². The Morgan fingerprint density at radius 3 is 1.85 bits per heavy atom. The van der Waals surface area contributed by atoms with Crippen molar-refractivity contribution in [2.24, 2.45) is 62.6 Å². The highest BCUT2D eigenvalue weighted by molar-refractivity contribution is 5.19. The van der Waals surface area contributed by atoms with Crippen LogP contribution < -0.4 is 0 Å². The van der Waals surface area contributed by atoms with Crippen molar-refractivity contribution in [2.45, 2.75) is 150 Å². The minimum atomic E-state index is -1.45. The van der Waals surface area contributed by atoms with Gasteiger partial charge in [0.2, 0.25) is 0 Å². The van der Waals surface area contributed by atoms with E-state index in [0.717, 1.165) is 24.2 Å². The first-order valence-corrected chi connectivity index (χ1v) is 16.9. The molecule has 5 fully saturated rings. The van der Waals surface area contributed by atoms with Crippen LogP contribution in [-0.2, 0) is 0 Å². The smallest absolute Gasteiger partial charge is 0.108 e. The Labute approximate surface area is 244 Å². The molecule has 40 heavy (non-hydrogen) atoms. The zero-order valence-corrected chi connectivity index (χ0v) is 26.7. The fraction of sp³-hybridized carbons (Fsp3) is 1.00. The maximum atomic E-state index is 11.2. The lowest BCUT2D eigenvalue weighted by Crippen LogP contribution is -2.65. The standard InChI is InChI=1S/C35H62O5/c1-21(24(37)19-25(38)30(40)26(39)20-36)22-11-16-32(4)23(22)12-17-34(6)28(32)9-10-29-33(5)15-8-14-31(2,3)27(33)13-18-35(29,34)7/h21-30,36-40H,8-20H2,1-7H3/t21-,22-,23+,24-,25-,26-,27-,28-,29-,30-,32+,33+,34-,35-/m1/s1. The highest BCUT2D eigenvalue weighted by Crippen LogP contribution is 2.78. The average molecular weight is 563 g/mol. The lowest BCUT2D eigenvalue weighted by atomic mass is 9.32. The quantitative estimate of drug-likeness (QED) is 0.264. The monoisotopic (exact) mass is 562 g/mol. The minimum absolute atomic E-state index is 0.0232. The van der Waals surface area contributed by atoms with Crippen molar-refractivity contribution in [3.05, 3.63) is 0 Å². The predicted octanol–water partition coefficient (Wildman–Crippen LogP) is 5.94. The maximum Gasteiger partial charge on any atom is 0.108 e. The Hall–Kier alpha value is -0.200. The van der Waals surface area contributed by atoms with Gasteiger partial charge in [0.15, 0.2) is 0 Å². The molecule has 5 rings (SSSR count). The Kier molecular flexibility index (Phi) is 8.17. The first kappa shape index (κ1) is 31.2. The molecule has 5 N–H and O–H groups in total. The van der Waals surface area contributed by atoms with Gasteiger partial charge in [-0.1, -0.05) is 54.9 Å². The van der Waals surface area contributed by atoms with Gasteiger partial charge in [0, 0.05) is 6.42 Å². The fourth-order valence-electron chi connectivity index (χ4n) is 13.2. The second-order valence-electron chi connectivity index (χ2n) is 17.3. The van der Waals surface area contributed by atoms with Crippen LogP contribution in [0.15, 0.2) is 0 Å². The summed E-state index contributed by atoms with van der Waals surface area (Å²) in [6.45, 7) is 17.3. The third-order valence-electron chi connectivity index (χ3n) is 15.5. The summed E-state index contributed by atoms with van der Waals surface area (Å²) in [6.07, 6.45) is 9.75. The summed E-state index contributed by atoms with van der Waals surface area (Å²) in [4.78, 5) is 0. The third kappa shape index (κ3) is 4.41. The summed E-state index contributed by atoms with van der Waals surface area (Å²) >= 11 is 0. The van der Waals surface area contributed by atoms with Gasteiger partial charge in [-0.15, -0.1) is 0 Å². The second-order valence-corrected chi connectivity index (χ2v) is 17.3. The molecular formula is C35H62O5. The second kappa shape index (κ2) is 10.5. The number of aliphatic hydroxyl groups excluding tert-OH is 5. The molecule has 0 aromatic rings. The van der Waals surface area contributed by atoms with Gasteiger partial charge in [-0.2, -0.15) is 0 Å². The van der Waals surface area contributed by atoms with Crippen LogP contribution in [0.1, 0.15) is 126 Å². The van der Waals surface area contributed by atoms with Crippen LogP contribution >= 0.6 is 0 Å². The summed E-state index contributed by atoms with van der Waals surface area (Å²) in [5, 5.41) is 50.6. The van der Waals surface area contributed by atoms with Crippen molar-refractivity contribution in [2.75, 3.05) is 6.61 Å². The zero-order valence-electron chi connectivity index (χ0n) is 26.7. The Bertz CT molecular complexity index is 921. The van der Waals surface area contributed by atoms with Crippen molar-refractivity contribution in [1.82, 2.24) is 0 Å². The molecular weight excluding hydrogens is 500 g/mol. The lowest BCUT2D eigenvalue weighted by Gasteiger charge is -2.73. The highest BCUT2D eigenvalue weighted by Gasteiger charge is 2.70. The maximum absolute atomic E-state index is 11.2. The minimum Gasteiger partial charge on any atom is -0.394 e. The molecule has 0 heterocycles. The number of hydrogen-bond acceptors (Lipinski definition) is 5. The van der Waals surface area contributed by atoms with E-state index in [9.17, 15) is 20.4 Å². The van der Waals surface area contributed by atoms with E-state index in [1.54, 1.807) is 0 Å². The van der Waals surface area contributed by atoms with E-state index in [1.165, 1.54) is 64.2 Å². The van der Waals surface area contributed by atoms with Gasteiger partial charge >= 0.3 is 0 Å². The van der Waals surface area contributed by atoms with Crippen LogP contribution in [0.5, 0.6) is 0 Å². The van der Waals surface area contributed by atoms with Gasteiger partial charge in [-0.25, -0.2) is 0 Å².